The van der Waals surface area contributed by atoms with E-state index in [1.807, 2.05) is 12.1 Å². The molecule has 0 spiro atoms. The van der Waals surface area contributed by atoms with Crippen molar-refractivity contribution in [2.45, 2.75) is 44.0 Å². The minimum atomic E-state index is -3.76. The molecule has 30 heavy (non-hydrogen) atoms. The highest BCUT2D eigenvalue weighted by molar-refractivity contribution is 7.89. The van der Waals surface area contributed by atoms with Gasteiger partial charge in [0.15, 0.2) is 0 Å². The molecule has 1 aliphatic rings. The summed E-state index contributed by atoms with van der Waals surface area (Å²) in [6.07, 6.45) is 2.92. The van der Waals surface area contributed by atoms with Crippen molar-refractivity contribution in [3.8, 4) is 5.75 Å². The Bertz CT molecular complexity index is 1020. The van der Waals surface area contributed by atoms with Crippen LogP contribution in [0.4, 0.5) is 0 Å². The van der Waals surface area contributed by atoms with Crippen LogP contribution >= 0.6 is 0 Å². The summed E-state index contributed by atoms with van der Waals surface area (Å²) in [7, 11) is -0.538. The maximum atomic E-state index is 13.3. The van der Waals surface area contributed by atoms with Crippen LogP contribution in [0.15, 0.2) is 47.4 Å². The predicted molar refractivity (Wildman–Crippen MR) is 117 cm³/mol. The lowest BCUT2D eigenvalue weighted by molar-refractivity contribution is 0.0714. The number of sulfonamides is 1. The minimum Gasteiger partial charge on any atom is -0.495 e. The van der Waals surface area contributed by atoms with E-state index in [9.17, 15) is 13.2 Å². The van der Waals surface area contributed by atoms with Crippen molar-refractivity contribution < 1.29 is 17.9 Å². The van der Waals surface area contributed by atoms with Gasteiger partial charge >= 0.3 is 0 Å². The molecule has 2 aromatic carbocycles. The number of benzene rings is 2. The van der Waals surface area contributed by atoms with Crippen LogP contribution in [0.3, 0.4) is 0 Å². The fourth-order valence-electron chi connectivity index (χ4n) is 4.19. The van der Waals surface area contributed by atoms with E-state index in [4.69, 9.17) is 4.74 Å². The van der Waals surface area contributed by atoms with Crippen LogP contribution in [0.5, 0.6) is 5.75 Å². The van der Waals surface area contributed by atoms with Gasteiger partial charge in [0.2, 0.25) is 10.0 Å². The fraction of sp³-hybridized carbons (Fsp3) is 0.435. The molecule has 0 saturated carbocycles. The second kappa shape index (κ2) is 9.18. The average molecular weight is 431 g/mol. The molecular weight excluding hydrogens is 400 g/mol. The molecule has 0 heterocycles. The van der Waals surface area contributed by atoms with Crippen molar-refractivity contribution >= 4 is 15.9 Å². The van der Waals surface area contributed by atoms with Gasteiger partial charge in [-0.2, -0.15) is 4.31 Å². The Morgan fingerprint density at radius 2 is 1.83 bits per heavy atom. The third-order valence-corrected chi connectivity index (χ3v) is 7.93. The second-order valence-electron chi connectivity index (χ2n) is 7.48. The molecule has 1 aliphatic carbocycles. The number of aryl methyl sites for hydroxylation is 1. The Morgan fingerprint density at radius 1 is 1.13 bits per heavy atom. The van der Waals surface area contributed by atoms with E-state index >= 15 is 0 Å². The maximum Gasteiger partial charge on any atom is 0.254 e. The van der Waals surface area contributed by atoms with Gasteiger partial charge in [-0.1, -0.05) is 38.1 Å². The molecule has 0 radical (unpaired) electrons. The molecule has 0 fully saturated rings. The normalized spacial score (nSPS) is 16.2. The number of rotatable bonds is 7. The van der Waals surface area contributed by atoms with Gasteiger partial charge in [0.1, 0.15) is 10.6 Å². The van der Waals surface area contributed by atoms with Crippen molar-refractivity contribution in [3.63, 3.8) is 0 Å². The molecular formula is C23H30N2O4S. The SMILES string of the molecule is CCN(CC)S(=O)(=O)c1cc(C(=O)N(C)C2CCCc3ccccc32)ccc1OC. The number of methoxy groups -OCH3 is 1. The van der Waals surface area contributed by atoms with Crippen LogP contribution in [-0.2, 0) is 16.4 Å². The zero-order chi connectivity index (χ0) is 21.9. The average Bonchev–Trinajstić information content (AvgIpc) is 2.77. The van der Waals surface area contributed by atoms with Gasteiger partial charge in [0, 0.05) is 25.7 Å². The largest absolute Gasteiger partial charge is 0.495 e. The molecule has 3 rings (SSSR count). The van der Waals surface area contributed by atoms with Gasteiger partial charge in [0.05, 0.1) is 13.2 Å². The first-order chi connectivity index (χ1) is 14.3. The predicted octanol–water partition coefficient (Wildman–Crippen LogP) is 3.88. The van der Waals surface area contributed by atoms with Crippen molar-refractivity contribution in [3.05, 3.63) is 59.2 Å². The lowest BCUT2D eigenvalue weighted by Crippen LogP contribution is -2.34. The molecule has 7 heteroatoms. The van der Waals surface area contributed by atoms with Crippen LogP contribution in [0.1, 0.15) is 54.2 Å². The number of fused-ring (bicyclic) bond motifs is 1. The van der Waals surface area contributed by atoms with E-state index in [-0.39, 0.29) is 22.6 Å². The molecule has 1 atom stereocenters. The summed E-state index contributed by atoms with van der Waals surface area (Å²) in [5.74, 6) is 0.0412. The summed E-state index contributed by atoms with van der Waals surface area (Å²) >= 11 is 0. The van der Waals surface area contributed by atoms with Gasteiger partial charge in [-0.15, -0.1) is 0 Å². The minimum absolute atomic E-state index is 0.0209. The van der Waals surface area contributed by atoms with E-state index in [1.165, 1.54) is 28.6 Å². The van der Waals surface area contributed by atoms with Crippen LogP contribution in [0, 0.1) is 0 Å². The third kappa shape index (κ3) is 4.09. The molecule has 162 valence electrons. The van der Waals surface area contributed by atoms with Gasteiger partial charge < -0.3 is 9.64 Å². The van der Waals surface area contributed by atoms with E-state index in [0.717, 1.165) is 19.3 Å². The monoisotopic (exact) mass is 430 g/mol. The van der Waals surface area contributed by atoms with E-state index < -0.39 is 10.0 Å². The summed E-state index contributed by atoms with van der Waals surface area (Å²) in [6, 6.07) is 12.8. The number of hydrogen-bond acceptors (Lipinski definition) is 4. The fourth-order valence-corrected chi connectivity index (χ4v) is 5.83. The van der Waals surface area contributed by atoms with Crippen LogP contribution < -0.4 is 4.74 Å². The second-order valence-corrected chi connectivity index (χ2v) is 9.38. The first-order valence-electron chi connectivity index (χ1n) is 10.4. The first-order valence-corrected chi connectivity index (χ1v) is 11.8. The quantitative estimate of drug-likeness (QED) is 0.669. The Balaban J connectivity index is 1.98. The van der Waals surface area contributed by atoms with Crippen molar-refractivity contribution in [2.24, 2.45) is 0 Å². The maximum absolute atomic E-state index is 13.3. The van der Waals surface area contributed by atoms with Crippen molar-refractivity contribution in [1.82, 2.24) is 9.21 Å². The molecule has 0 saturated heterocycles. The van der Waals surface area contributed by atoms with Crippen LogP contribution in [0.25, 0.3) is 0 Å². The lowest BCUT2D eigenvalue weighted by atomic mass is 9.87. The van der Waals surface area contributed by atoms with E-state index in [2.05, 4.69) is 12.1 Å². The van der Waals surface area contributed by atoms with Crippen LogP contribution in [-0.4, -0.2) is 50.8 Å². The molecule has 0 N–H and O–H groups in total. The van der Waals surface area contributed by atoms with Gasteiger partial charge in [0.25, 0.3) is 5.91 Å². The van der Waals surface area contributed by atoms with Gasteiger partial charge in [-0.25, -0.2) is 8.42 Å². The van der Waals surface area contributed by atoms with Gasteiger partial charge in [-0.05, 0) is 48.6 Å². The van der Waals surface area contributed by atoms with Crippen molar-refractivity contribution in [2.75, 3.05) is 27.2 Å². The van der Waals surface area contributed by atoms with E-state index in [1.54, 1.807) is 37.9 Å². The summed E-state index contributed by atoms with van der Waals surface area (Å²) in [5, 5.41) is 0. The summed E-state index contributed by atoms with van der Waals surface area (Å²) < 4.78 is 32.9. The third-order valence-electron chi connectivity index (χ3n) is 5.86. The molecule has 0 aromatic heterocycles. The Morgan fingerprint density at radius 3 is 2.50 bits per heavy atom. The standard InChI is InChI=1S/C23H30N2O4S/c1-5-25(6-2)30(27,28)22-16-18(14-15-21(22)29-4)23(26)24(3)20-13-9-11-17-10-7-8-12-19(17)20/h7-8,10,12,14-16,20H,5-6,9,11,13H2,1-4H3. The molecule has 1 amide bonds. The van der Waals surface area contributed by atoms with E-state index in [0.29, 0.717) is 18.7 Å². The Hall–Kier alpha value is -2.38. The highest BCUT2D eigenvalue weighted by Gasteiger charge is 2.30. The number of ether oxygens (including phenoxy) is 1. The number of carbonyl (C=O) groups excluding carboxylic acids is 1. The number of hydrogen-bond donors (Lipinski definition) is 0. The zero-order valence-electron chi connectivity index (χ0n) is 18.1. The summed E-state index contributed by atoms with van der Waals surface area (Å²) in [5.41, 5.74) is 2.78. The number of nitrogens with zero attached hydrogens (tertiary/aromatic N) is 2. The molecule has 6 nitrogen and oxygen atoms in total. The Kier molecular flexibility index (Phi) is 6.83. The van der Waals surface area contributed by atoms with Crippen LogP contribution in [0.2, 0.25) is 0 Å². The number of carbonyl (C=O) groups is 1. The smallest absolute Gasteiger partial charge is 0.254 e. The molecule has 0 bridgehead atoms. The Labute approximate surface area is 179 Å². The summed E-state index contributed by atoms with van der Waals surface area (Å²) in [4.78, 5) is 15.1. The highest BCUT2D eigenvalue weighted by atomic mass is 32.2. The molecule has 0 aliphatic heterocycles. The molecule has 1 unspecified atom stereocenters. The molecule has 2 aromatic rings. The van der Waals surface area contributed by atoms with Crippen molar-refractivity contribution in [1.29, 1.82) is 0 Å². The van der Waals surface area contributed by atoms with Gasteiger partial charge in [-0.3, -0.25) is 4.79 Å². The first kappa shape index (κ1) is 22.3. The number of amides is 1. The topological polar surface area (TPSA) is 66.9 Å². The summed E-state index contributed by atoms with van der Waals surface area (Å²) in [6.45, 7) is 4.27. The zero-order valence-corrected chi connectivity index (χ0v) is 18.9. The highest BCUT2D eigenvalue weighted by Crippen LogP contribution is 2.35. The lowest BCUT2D eigenvalue weighted by Gasteiger charge is -2.33.